The SMILES string of the molecule is CCCCSCC1SCCCS1. The summed E-state index contributed by atoms with van der Waals surface area (Å²) in [5.74, 6) is 5.53. The van der Waals surface area contributed by atoms with E-state index in [2.05, 4.69) is 42.2 Å². The molecule has 0 amide bonds. The van der Waals surface area contributed by atoms with Crippen LogP contribution in [0.5, 0.6) is 0 Å². The highest BCUT2D eigenvalue weighted by Gasteiger charge is 2.13. The van der Waals surface area contributed by atoms with Gasteiger partial charge >= 0.3 is 0 Å². The Hall–Kier alpha value is 1.05. The van der Waals surface area contributed by atoms with Crippen LogP contribution in [0.15, 0.2) is 0 Å². The second-order valence-corrected chi connectivity index (χ2v) is 7.02. The van der Waals surface area contributed by atoms with Gasteiger partial charge in [0.25, 0.3) is 0 Å². The highest BCUT2D eigenvalue weighted by atomic mass is 32.2. The average molecular weight is 222 g/mol. The van der Waals surface area contributed by atoms with Crippen LogP contribution < -0.4 is 0 Å². The molecule has 1 rings (SSSR count). The highest BCUT2D eigenvalue weighted by Crippen LogP contribution is 2.32. The molecule has 0 nitrogen and oxygen atoms in total. The van der Waals surface area contributed by atoms with E-state index in [1.54, 1.807) is 0 Å². The van der Waals surface area contributed by atoms with E-state index in [0.29, 0.717) is 0 Å². The van der Waals surface area contributed by atoms with Gasteiger partial charge in [0, 0.05) is 5.75 Å². The highest BCUT2D eigenvalue weighted by molar-refractivity contribution is 8.18. The third kappa shape index (κ3) is 4.93. The Balaban J connectivity index is 1.91. The lowest BCUT2D eigenvalue weighted by Crippen LogP contribution is -2.09. The van der Waals surface area contributed by atoms with Crippen molar-refractivity contribution in [3.8, 4) is 0 Å². The Morgan fingerprint density at radius 2 is 2.08 bits per heavy atom. The summed E-state index contributed by atoms with van der Waals surface area (Å²) in [4.78, 5) is 0. The van der Waals surface area contributed by atoms with Gasteiger partial charge < -0.3 is 0 Å². The fraction of sp³-hybridized carbons (Fsp3) is 1.00. The Morgan fingerprint density at radius 1 is 1.33 bits per heavy atom. The fourth-order valence-corrected chi connectivity index (χ4v) is 5.55. The van der Waals surface area contributed by atoms with Gasteiger partial charge in [-0.15, -0.1) is 23.5 Å². The molecule has 1 saturated heterocycles. The van der Waals surface area contributed by atoms with Gasteiger partial charge in [0.15, 0.2) is 0 Å². The molecule has 3 heteroatoms. The van der Waals surface area contributed by atoms with E-state index in [1.807, 2.05) is 0 Å². The second-order valence-electron chi connectivity index (χ2n) is 2.95. The molecule has 0 N–H and O–H groups in total. The molecule has 0 aromatic rings. The van der Waals surface area contributed by atoms with Crippen LogP contribution in [-0.4, -0.2) is 27.6 Å². The quantitative estimate of drug-likeness (QED) is 0.651. The smallest absolute Gasteiger partial charge is 0.0592 e. The van der Waals surface area contributed by atoms with E-state index in [4.69, 9.17) is 0 Å². The van der Waals surface area contributed by atoms with Crippen LogP contribution in [0, 0.1) is 0 Å². The summed E-state index contributed by atoms with van der Waals surface area (Å²) < 4.78 is 0.903. The lowest BCUT2D eigenvalue weighted by Gasteiger charge is -2.20. The van der Waals surface area contributed by atoms with E-state index in [1.165, 1.54) is 42.3 Å². The lowest BCUT2D eigenvalue weighted by atomic mass is 10.4. The Kier molecular flexibility index (Phi) is 6.91. The third-order valence-electron chi connectivity index (χ3n) is 1.79. The van der Waals surface area contributed by atoms with E-state index in [-0.39, 0.29) is 0 Å². The summed E-state index contributed by atoms with van der Waals surface area (Å²) in [7, 11) is 0. The first-order valence-corrected chi connectivity index (χ1v) is 7.99. The van der Waals surface area contributed by atoms with Crippen LogP contribution in [0.2, 0.25) is 0 Å². The van der Waals surface area contributed by atoms with E-state index in [0.717, 1.165) is 4.58 Å². The molecule has 1 aliphatic rings. The van der Waals surface area contributed by atoms with Crippen molar-refractivity contribution in [1.29, 1.82) is 0 Å². The number of hydrogen-bond donors (Lipinski definition) is 0. The zero-order valence-electron chi connectivity index (χ0n) is 7.75. The Bertz CT molecular complexity index is 99.9. The first kappa shape index (κ1) is 11.1. The summed E-state index contributed by atoms with van der Waals surface area (Å²) in [5, 5.41) is 0. The molecule has 0 unspecified atom stereocenters. The van der Waals surface area contributed by atoms with E-state index >= 15 is 0 Å². The fourth-order valence-electron chi connectivity index (χ4n) is 1.06. The third-order valence-corrected chi connectivity index (χ3v) is 6.30. The molecule has 0 spiro atoms. The minimum Gasteiger partial charge on any atom is -0.160 e. The maximum absolute atomic E-state index is 2.27. The Labute approximate surface area is 89.0 Å². The van der Waals surface area contributed by atoms with Crippen molar-refractivity contribution in [1.82, 2.24) is 0 Å². The van der Waals surface area contributed by atoms with Gasteiger partial charge in [0.1, 0.15) is 0 Å². The van der Waals surface area contributed by atoms with Gasteiger partial charge in [-0.2, -0.15) is 11.8 Å². The van der Waals surface area contributed by atoms with Crippen molar-refractivity contribution in [2.24, 2.45) is 0 Å². The van der Waals surface area contributed by atoms with Crippen LogP contribution in [0.4, 0.5) is 0 Å². The molecule has 0 radical (unpaired) electrons. The largest absolute Gasteiger partial charge is 0.160 e. The van der Waals surface area contributed by atoms with Crippen LogP contribution in [0.3, 0.4) is 0 Å². The van der Waals surface area contributed by atoms with Gasteiger partial charge in [0.05, 0.1) is 4.58 Å². The van der Waals surface area contributed by atoms with E-state index < -0.39 is 0 Å². The first-order valence-electron chi connectivity index (χ1n) is 4.74. The molecular formula is C9H18S3. The van der Waals surface area contributed by atoms with Crippen LogP contribution in [-0.2, 0) is 0 Å². The topological polar surface area (TPSA) is 0 Å². The molecule has 0 aromatic heterocycles. The molecule has 12 heavy (non-hydrogen) atoms. The van der Waals surface area contributed by atoms with E-state index in [9.17, 15) is 0 Å². The standard InChI is InChI=1S/C9H18S3/c1-2-3-5-10-8-9-11-6-4-7-12-9/h9H,2-8H2,1H3. The van der Waals surface area contributed by atoms with Crippen LogP contribution in [0.1, 0.15) is 26.2 Å². The minimum atomic E-state index is 0.903. The Morgan fingerprint density at radius 3 is 2.75 bits per heavy atom. The second kappa shape index (κ2) is 7.45. The zero-order chi connectivity index (χ0) is 8.65. The number of thioether (sulfide) groups is 3. The van der Waals surface area contributed by atoms with Crippen molar-refractivity contribution < 1.29 is 0 Å². The van der Waals surface area contributed by atoms with Crippen LogP contribution >= 0.6 is 35.3 Å². The van der Waals surface area contributed by atoms with Gasteiger partial charge in [0.2, 0.25) is 0 Å². The molecule has 0 atom stereocenters. The van der Waals surface area contributed by atoms with Crippen molar-refractivity contribution >= 4 is 35.3 Å². The van der Waals surface area contributed by atoms with Crippen LogP contribution in [0.25, 0.3) is 0 Å². The molecule has 0 bridgehead atoms. The summed E-state index contributed by atoms with van der Waals surface area (Å²) >= 11 is 6.47. The monoisotopic (exact) mass is 222 g/mol. The normalized spacial score (nSPS) is 19.8. The molecule has 1 fully saturated rings. The molecule has 72 valence electrons. The molecule has 1 heterocycles. The maximum atomic E-state index is 2.27. The number of unbranched alkanes of at least 4 members (excludes halogenated alkanes) is 1. The number of rotatable bonds is 5. The molecule has 0 aliphatic carbocycles. The van der Waals surface area contributed by atoms with Gasteiger partial charge in [-0.25, -0.2) is 0 Å². The summed E-state index contributed by atoms with van der Waals surface area (Å²) in [5.41, 5.74) is 0. The van der Waals surface area contributed by atoms with Gasteiger partial charge in [-0.3, -0.25) is 0 Å². The summed E-state index contributed by atoms with van der Waals surface area (Å²) in [6, 6.07) is 0. The predicted octanol–water partition coefficient (Wildman–Crippen LogP) is 3.72. The number of hydrogen-bond acceptors (Lipinski definition) is 3. The van der Waals surface area contributed by atoms with Crippen molar-refractivity contribution in [3.63, 3.8) is 0 Å². The lowest BCUT2D eigenvalue weighted by molar-refractivity contribution is 0.896. The summed E-state index contributed by atoms with van der Waals surface area (Å²) in [6.07, 6.45) is 4.16. The summed E-state index contributed by atoms with van der Waals surface area (Å²) in [6.45, 7) is 2.27. The minimum absolute atomic E-state index is 0.903. The first-order chi connectivity index (χ1) is 5.93. The van der Waals surface area contributed by atoms with Crippen molar-refractivity contribution in [2.45, 2.75) is 30.8 Å². The molecule has 0 saturated carbocycles. The molecule has 0 aromatic carbocycles. The predicted molar refractivity (Wildman–Crippen MR) is 65.6 cm³/mol. The van der Waals surface area contributed by atoms with Crippen molar-refractivity contribution in [3.05, 3.63) is 0 Å². The molecule has 1 aliphatic heterocycles. The maximum Gasteiger partial charge on any atom is 0.0592 e. The zero-order valence-corrected chi connectivity index (χ0v) is 10.2. The van der Waals surface area contributed by atoms with Gasteiger partial charge in [-0.1, -0.05) is 13.3 Å². The average Bonchev–Trinajstić information content (AvgIpc) is 2.14. The van der Waals surface area contributed by atoms with Gasteiger partial charge in [-0.05, 0) is 30.1 Å². The van der Waals surface area contributed by atoms with Crippen molar-refractivity contribution in [2.75, 3.05) is 23.0 Å². The molecular weight excluding hydrogens is 204 g/mol.